The summed E-state index contributed by atoms with van der Waals surface area (Å²) in [5, 5.41) is 0. The van der Waals surface area contributed by atoms with Crippen LogP contribution in [0.1, 0.15) is 12.0 Å². The van der Waals surface area contributed by atoms with Gasteiger partial charge in [-0.05, 0) is 5.56 Å². The van der Waals surface area contributed by atoms with Crippen molar-refractivity contribution in [1.29, 1.82) is 0 Å². The Kier molecular flexibility index (Phi) is 3.06. The molecule has 1 aromatic carbocycles. The summed E-state index contributed by atoms with van der Waals surface area (Å²) in [5.41, 5.74) is -0.128. The van der Waals surface area contributed by atoms with E-state index in [4.69, 9.17) is 9.47 Å². The van der Waals surface area contributed by atoms with Gasteiger partial charge in [-0.15, -0.1) is 0 Å². The van der Waals surface area contributed by atoms with Gasteiger partial charge in [-0.3, -0.25) is 0 Å². The molecule has 84 valence electrons. The quantitative estimate of drug-likeness (QED) is 0.563. The molecule has 0 N–H and O–H groups in total. The van der Waals surface area contributed by atoms with Gasteiger partial charge in [0, 0.05) is 6.42 Å². The van der Waals surface area contributed by atoms with Gasteiger partial charge in [-0.25, -0.2) is 4.79 Å². The first kappa shape index (κ1) is 10.9. The van der Waals surface area contributed by atoms with Crippen LogP contribution in [0.3, 0.4) is 0 Å². The summed E-state index contributed by atoms with van der Waals surface area (Å²) >= 11 is 0. The van der Waals surface area contributed by atoms with E-state index in [0.717, 1.165) is 5.56 Å². The molecule has 1 heterocycles. The number of rotatable bonds is 2. The highest BCUT2D eigenvalue weighted by molar-refractivity contribution is 5.81. The SMILES string of the molecule is COC(=O)C1(c2ccccc2)CC=CCO1. The van der Waals surface area contributed by atoms with Gasteiger partial charge in [0.15, 0.2) is 5.60 Å². The lowest BCUT2D eigenvalue weighted by Gasteiger charge is -2.32. The van der Waals surface area contributed by atoms with Crippen LogP contribution < -0.4 is 0 Å². The molecule has 3 nitrogen and oxygen atoms in total. The summed E-state index contributed by atoms with van der Waals surface area (Å²) in [6, 6.07) is 9.46. The van der Waals surface area contributed by atoms with Crippen molar-refractivity contribution in [1.82, 2.24) is 0 Å². The molecule has 1 unspecified atom stereocenters. The first-order valence-corrected chi connectivity index (χ1v) is 5.22. The highest BCUT2D eigenvalue weighted by Crippen LogP contribution is 2.33. The molecule has 1 aliphatic heterocycles. The molecule has 0 radical (unpaired) electrons. The van der Waals surface area contributed by atoms with Crippen molar-refractivity contribution in [3.63, 3.8) is 0 Å². The van der Waals surface area contributed by atoms with Crippen molar-refractivity contribution in [3.05, 3.63) is 48.0 Å². The van der Waals surface area contributed by atoms with Gasteiger partial charge in [0.05, 0.1) is 13.7 Å². The van der Waals surface area contributed by atoms with Gasteiger partial charge < -0.3 is 9.47 Å². The van der Waals surface area contributed by atoms with Crippen LogP contribution in [0.4, 0.5) is 0 Å². The highest BCUT2D eigenvalue weighted by atomic mass is 16.6. The van der Waals surface area contributed by atoms with Crippen LogP contribution in [0.15, 0.2) is 42.5 Å². The topological polar surface area (TPSA) is 35.5 Å². The van der Waals surface area contributed by atoms with Gasteiger partial charge in [0.25, 0.3) is 0 Å². The van der Waals surface area contributed by atoms with Crippen molar-refractivity contribution in [2.45, 2.75) is 12.0 Å². The van der Waals surface area contributed by atoms with Crippen molar-refractivity contribution in [2.24, 2.45) is 0 Å². The number of ether oxygens (including phenoxy) is 2. The number of methoxy groups -OCH3 is 1. The van der Waals surface area contributed by atoms with E-state index in [1.165, 1.54) is 7.11 Å². The molecule has 0 aliphatic carbocycles. The monoisotopic (exact) mass is 218 g/mol. The minimum Gasteiger partial charge on any atom is -0.467 e. The van der Waals surface area contributed by atoms with Crippen LogP contribution in [0.5, 0.6) is 0 Å². The molecule has 0 saturated heterocycles. The van der Waals surface area contributed by atoms with E-state index in [2.05, 4.69) is 0 Å². The second kappa shape index (κ2) is 4.49. The Bertz CT molecular complexity index is 397. The summed E-state index contributed by atoms with van der Waals surface area (Å²) in [5.74, 6) is -0.344. The average Bonchev–Trinajstić information content (AvgIpc) is 2.39. The molecule has 0 aromatic heterocycles. The van der Waals surface area contributed by atoms with Gasteiger partial charge in [0.1, 0.15) is 0 Å². The predicted molar refractivity (Wildman–Crippen MR) is 59.8 cm³/mol. The maximum absolute atomic E-state index is 11.9. The second-order valence-electron chi connectivity index (χ2n) is 3.67. The normalized spacial score (nSPS) is 24.1. The van der Waals surface area contributed by atoms with Gasteiger partial charge >= 0.3 is 5.97 Å². The minimum atomic E-state index is -0.967. The fourth-order valence-electron chi connectivity index (χ4n) is 1.90. The van der Waals surface area contributed by atoms with E-state index in [9.17, 15) is 4.79 Å². The predicted octanol–water partition coefficient (Wildman–Crippen LogP) is 2.03. The Balaban J connectivity index is 2.42. The Hall–Kier alpha value is -1.61. The van der Waals surface area contributed by atoms with E-state index in [-0.39, 0.29) is 5.97 Å². The van der Waals surface area contributed by atoms with Crippen LogP contribution in [0, 0.1) is 0 Å². The second-order valence-corrected chi connectivity index (χ2v) is 3.67. The Labute approximate surface area is 94.7 Å². The molecule has 0 spiro atoms. The van der Waals surface area contributed by atoms with Crippen LogP contribution in [-0.2, 0) is 19.9 Å². The van der Waals surface area contributed by atoms with Crippen molar-refractivity contribution < 1.29 is 14.3 Å². The number of hydrogen-bond donors (Lipinski definition) is 0. The average molecular weight is 218 g/mol. The number of carbonyl (C=O) groups excluding carboxylic acids is 1. The van der Waals surface area contributed by atoms with Crippen molar-refractivity contribution in [3.8, 4) is 0 Å². The van der Waals surface area contributed by atoms with E-state index in [1.54, 1.807) is 0 Å². The zero-order valence-electron chi connectivity index (χ0n) is 9.18. The molecular weight excluding hydrogens is 204 g/mol. The number of esters is 1. The third-order valence-electron chi connectivity index (χ3n) is 2.75. The Morgan fingerprint density at radius 2 is 2.06 bits per heavy atom. The van der Waals surface area contributed by atoms with E-state index in [0.29, 0.717) is 13.0 Å². The lowest BCUT2D eigenvalue weighted by molar-refractivity contribution is -0.170. The van der Waals surface area contributed by atoms with Crippen molar-refractivity contribution in [2.75, 3.05) is 13.7 Å². The Morgan fingerprint density at radius 3 is 2.62 bits per heavy atom. The van der Waals surface area contributed by atoms with Crippen LogP contribution in [0.25, 0.3) is 0 Å². The smallest absolute Gasteiger partial charge is 0.343 e. The molecule has 0 saturated carbocycles. The molecule has 0 bridgehead atoms. The summed E-state index contributed by atoms with van der Waals surface area (Å²) in [6.45, 7) is 0.435. The molecule has 0 fully saturated rings. The maximum Gasteiger partial charge on any atom is 0.343 e. The van der Waals surface area contributed by atoms with Crippen LogP contribution in [-0.4, -0.2) is 19.7 Å². The molecular formula is C13H14O3. The first-order chi connectivity index (χ1) is 7.79. The summed E-state index contributed by atoms with van der Waals surface area (Å²) < 4.78 is 10.5. The zero-order chi connectivity index (χ0) is 11.4. The maximum atomic E-state index is 11.9. The molecule has 16 heavy (non-hydrogen) atoms. The molecule has 3 heteroatoms. The molecule has 2 rings (SSSR count). The molecule has 1 aliphatic rings. The third kappa shape index (κ3) is 1.74. The fraction of sp³-hybridized carbons (Fsp3) is 0.308. The molecule has 1 aromatic rings. The lowest BCUT2D eigenvalue weighted by atomic mass is 9.89. The van der Waals surface area contributed by atoms with Gasteiger partial charge in [-0.1, -0.05) is 42.5 Å². The molecule has 0 amide bonds. The van der Waals surface area contributed by atoms with Crippen molar-refractivity contribution >= 4 is 5.97 Å². The van der Waals surface area contributed by atoms with Crippen LogP contribution in [0.2, 0.25) is 0 Å². The summed E-state index contributed by atoms with van der Waals surface area (Å²) in [7, 11) is 1.38. The van der Waals surface area contributed by atoms with E-state index < -0.39 is 5.60 Å². The number of benzene rings is 1. The lowest BCUT2D eigenvalue weighted by Crippen LogP contribution is -2.41. The zero-order valence-corrected chi connectivity index (χ0v) is 9.18. The minimum absolute atomic E-state index is 0.344. The summed E-state index contributed by atoms with van der Waals surface area (Å²) in [4.78, 5) is 11.9. The van der Waals surface area contributed by atoms with E-state index >= 15 is 0 Å². The third-order valence-corrected chi connectivity index (χ3v) is 2.75. The Morgan fingerprint density at radius 1 is 1.31 bits per heavy atom. The standard InChI is InChI=1S/C13H14O3/c1-15-12(14)13(9-5-6-10-16-13)11-7-3-2-4-8-11/h2-8H,9-10H2,1H3. The number of carbonyl (C=O) groups is 1. The number of hydrogen-bond acceptors (Lipinski definition) is 3. The fourth-order valence-corrected chi connectivity index (χ4v) is 1.90. The summed E-state index contributed by atoms with van der Waals surface area (Å²) in [6.07, 6.45) is 4.38. The van der Waals surface area contributed by atoms with Gasteiger partial charge in [-0.2, -0.15) is 0 Å². The largest absolute Gasteiger partial charge is 0.467 e. The van der Waals surface area contributed by atoms with E-state index in [1.807, 2.05) is 42.5 Å². The molecule has 1 atom stereocenters. The van der Waals surface area contributed by atoms with Gasteiger partial charge in [0.2, 0.25) is 0 Å². The highest BCUT2D eigenvalue weighted by Gasteiger charge is 2.42. The van der Waals surface area contributed by atoms with Crippen LogP contribution >= 0.6 is 0 Å². The first-order valence-electron chi connectivity index (χ1n) is 5.22.